The third-order valence-electron chi connectivity index (χ3n) is 2.15. The van der Waals surface area contributed by atoms with Gasteiger partial charge in [-0.05, 0) is 29.8 Å². The second-order valence-corrected chi connectivity index (χ2v) is 3.34. The van der Waals surface area contributed by atoms with Crippen molar-refractivity contribution in [3.63, 3.8) is 0 Å². The zero-order valence-corrected chi connectivity index (χ0v) is 8.51. The lowest BCUT2D eigenvalue weighted by atomic mass is 10.2. The number of hydrogen-bond donors (Lipinski definition) is 0. The fraction of sp³-hybridized carbons (Fsp3) is 0. The van der Waals surface area contributed by atoms with E-state index >= 15 is 0 Å². The van der Waals surface area contributed by atoms with Crippen LogP contribution in [0.5, 0.6) is 0 Å². The zero-order valence-electron chi connectivity index (χ0n) is 8.51. The van der Waals surface area contributed by atoms with E-state index in [-0.39, 0.29) is 5.82 Å². The number of hydrogen-bond acceptors (Lipinski definition) is 1. The molecule has 2 nitrogen and oxygen atoms in total. The van der Waals surface area contributed by atoms with E-state index in [1.807, 2.05) is 0 Å². The van der Waals surface area contributed by atoms with Gasteiger partial charge in [-0.3, -0.25) is 0 Å². The first-order valence-corrected chi connectivity index (χ1v) is 4.87. The Morgan fingerprint density at radius 3 is 2.69 bits per heavy atom. The van der Waals surface area contributed by atoms with E-state index in [1.54, 1.807) is 42.5 Å². The molecule has 0 atom stereocenters. The molecule has 16 heavy (non-hydrogen) atoms. The highest BCUT2D eigenvalue weighted by atomic mass is 19.1. The summed E-state index contributed by atoms with van der Waals surface area (Å²) in [5.74, 6) is -0.287. The summed E-state index contributed by atoms with van der Waals surface area (Å²) >= 11 is 0. The van der Waals surface area contributed by atoms with Crippen LogP contribution in [-0.2, 0) is 0 Å². The first kappa shape index (κ1) is 10.4. The highest BCUT2D eigenvalue weighted by Crippen LogP contribution is 2.07. The van der Waals surface area contributed by atoms with Crippen LogP contribution in [0.1, 0.15) is 11.3 Å². The van der Waals surface area contributed by atoms with E-state index < -0.39 is 0 Å². The Morgan fingerprint density at radius 1 is 1.06 bits per heavy atom. The van der Waals surface area contributed by atoms with Crippen molar-refractivity contribution in [1.29, 1.82) is 0 Å². The predicted octanol–water partition coefficient (Wildman–Crippen LogP) is 2.63. The van der Waals surface area contributed by atoms with Crippen LogP contribution in [0.25, 0.3) is 12.2 Å². The molecule has 0 unspecified atom stereocenters. The second-order valence-electron chi connectivity index (χ2n) is 3.34. The summed E-state index contributed by atoms with van der Waals surface area (Å²) < 4.78 is 13.6. The molecule has 0 amide bonds. The largest absolute Gasteiger partial charge is 0.618 e. The fourth-order valence-electron chi connectivity index (χ4n) is 1.36. The molecule has 0 radical (unpaired) electrons. The van der Waals surface area contributed by atoms with Crippen LogP contribution in [0.3, 0.4) is 0 Å². The summed E-state index contributed by atoms with van der Waals surface area (Å²) in [5.41, 5.74) is 1.25. The molecule has 1 aromatic heterocycles. The van der Waals surface area contributed by atoms with Crippen molar-refractivity contribution in [1.82, 2.24) is 0 Å². The molecule has 0 saturated carbocycles. The predicted molar refractivity (Wildman–Crippen MR) is 60.7 cm³/mol. The smallest absolute Gasteiger partial charge is 0.216 e. The minimum Gasteiger partial charge on any atom is -0.618 e. The van der Waals surface area contributed by atoms with Crippen LogP contribution >= 0.6 is 0 Å². The maximum Gasteiger partial charge on any atom is 0.216 e. The topological polar surface area (TPSA) is 26.9 Å². The first-order valence-electron chi connectivity index (χ1n) is 4.87. The van der Waals surface area contributed by atoms with Crippen molar-refractivity contribution in [2.45, 2.75) is 0 Å². The molecule has 0 N–H and O–H groups in total. The van der Waals surface area contributed by atoms with Crippen LogP contribution in [0, 0.1) is 11.0 Å². The lowest BCUT2D eigenvalue weighted by Crippen LogP contribution is -2.28. The third kappa shape index (κ3) is 2.45. The molecule has 0 aliphatic rings. The monoisotopic (exact) mass is 215 g/mol. The minimum atomic E-state index is -0.287. The Kier molecular flexibility index (Phi) is 2.96. The fourth-order valence-corrected chi connectivity index (χ4v) is 1.36. The summed E-state index contributed by atoms with van der Waals surface area (Å²) in [6, 6.07) is 11.3. The molecule has 0 aliphatic carbocycles. The van der Waals surface area contributed by atoms with Crippen LogP contribution in [0.15, 0.2) is 48.7 Å². The Morgan fingerprint density at radius 2 is 1.94 bits per heavy atom. The molecule has 0 aliphatic heterocycles. The minimum absolute atomic E-state index is 0.287. The van der Waals surface area contributed by atoms with Gasteiger partial charge >= 0.3 is 0 Å². The highest BCUT2D eigenvalue weighted by Gasteiger charge is 1.97. The van der Waals surface area contributed by atoms with Crippen LogP contribution < -0.4 is 4.73 Å². The van der Waals surface area contributed by atoms with E-state index in [2.05, 4.69) is 0 Å². The van der Waals surface area contributed by atoms with Gasteiger partial charge in [-0.2, -0.15) is 4.73 Å². The molecule has 0 saturated heterocycles. The van der Waals surface area contributed by atoms with Gasteiger partial charge in [0, 0.05) is 18.2 Å². The van der Waals surface area contributed by atoms with Gasteiger partial charge in [0.2, 0.25) is 5.69 Å². The van der Waals surface area contributed by atoms with Crippen molar-refractivity contribution < 1.29 is 9.12 Å². The van der Waals surface area contributed by atoms with Crippen molar-refractivity contribution in [2.75, 3.05) is 0 Å². The van der Waals surface area contributed by atoms with Gasteiger partial charge < -0.3 is 5.21 Å². The number of pyridine rings is 1. The van der Waals surface area contributed by atoms with Crippen LogP contribution in [0.4, 0.5) is 4.39 Å². The first-order chi connectivity index (χ1) is 7.75. The molecule has 0 fully saturated rings. The van der Waals surface area contributed by atoms with Gasteiger partial charge in [-0.15, -0.1) is 0 Å². The molecule has 3 heteroatoms. The number of halogens is 1. The lowest BCUT2D eigenvalue weighted by molar-refractivity contribution is -0.607. The molecule has 0 bridgehead atoms. The SMILES string of the molecule is [O-][n+]1ccccc1C=Cc1cccc(F)c1. The summed E-state index contributed by atoms with van der Waals surface area (Å²) in [6.07, 6.45) is 4.78. The van der Waals surface area contributed by atoms with Gasteiger partial charge in [-0.25, -0.2) is 4.39 Å². The Balaban J connectivity index is 2.25. The van der Waals surface area contributed by atoms with E-state index in [9.17, 15) is 9.60 Å². The Labute approximate surface area is 92.9 Å². The summed E-state index contributed by atoms with van der Waals surface area (Å²) in [6.45, 7) is 0. The normalized spacial score (nSPS) is 10.8. The van der Waals surface area contributed by atoms with Gasteiger partial charge in [0.15, 0.2) is 6.20 Å². The van der Waals surface area contributed by atoms with Crippen molar-refractivity contribution in [2.24, 2.45) is 0 Å². The summed E-state index contributed by atoms with van der Waals surface area (Å²) in [5, 5.41) is 11.3. The van der Waals surface area contributed by atoms with E-state index in [0.717, 1.165) is 10.3 Å². The molecule has 2 rings (SSSR count). The van der Waals surface area contributed by atoms with E-state index in [0.29, 0.717) is 5.69 Å². The van der Waals surface area contributed by atoms with Crippen molar-refractivity contribution in [3.05, 3.63) is 70.9 Å². The number of nitrogens with zero attached hydrogens (tertiary/aromatic N) is 1. The molecular weight excluding hydrogens is 205 g/mol. The van der Waals surface area contributed by atoms with E-state index in [1.165, 1.54) is 18.3 Å². The summed E-state index contributed by atoms with van der Waals surface area (Å²) in [7, 11) is 0. The van der Waals surface area contributed by atoms with E-state index in [4.69, 9.17) is 0 Å². The maximum absolute atomic E-state index is 12.9. The number of benzene rings is 1. The standard InChI is InChI=1S/C13H10FNO/c14-12-5-3-4-11(10-12)7-8-13-6-1-2-9-15(13)16/h1-10H. The molecule has 1 aromatic carbocycles. The van der Waals surface area contributed by atoms with Gasteiger partial charge in [-0.1, -0.05) is 12.1 Å². The average Bonchev–Trinajstić information content (AvgIpc) is 2.28. The lowest BCUT2D eigenvalue weighted by Gasteiger charge is -1.98. The van der Waals surface area contributed by atoms with Gasteiger partial charge in [0.05, 0.1) is 0 Å². The van der Waals surface area contributed by atoms with Gasteiger partial charge in [0.25, 0.3) is 0 Å². The Bertz CT molecular complexity index is 523. The van der Waals surface area contributed by atoms with Crippen molar-refractivity contribution in [3.8, 4) is 0 Å². The Hall–Kier alpha value is -2.16. The van der Waals surface area contributed by atoms with Crippen LogP contribution in [0.2, 0.25) is 0 Å². The molecule has 80 valence electrons. The summed E-state index contributed by atoms with van der Waals surface area (Å²) in [4.78, 5) is 0. The van der Waals surface area contributed by atoms with Gasteiger partial charge in [0.1, 0.15) is 5.82 Å². The quantitative estimate of drug-likeness (QED) is 0.558. The second kappa shape index (κ2) is 4.57. The zero-order chi connectivity index (χ0) is 11.4. The molecule has 0 spiro atoms. The number of rotatable bonds is 2. The number of aromatic nitrogens is 1. The average molecular weight is 215 g/mol. The highest BCUT2D eigenvalue weighted by molar-refractivity contribution is 5.66. The third-order valence-corrected chi connectivity index (χ3v) is 2.15. The molecular formula is C13H10FNO. The van der Waals surface area contributed by atoms with Crippen LogP contribution in [-0.4, -0.2) is 0 Å². The maximum atomic E-state index is 12.9. The van der Waals surface area contributed by atoms with Crippen molar-refractivity contribution >= 4 is 12.2 Å². The molecule has 2 aromatic rings. The molecule has 1 heterocycles.